The number of nitrogens with one attached hydrogen (secondary N) is 1. The molecule has 1 aliphatic rings. The van der Waals surface area contributed by atoms with Gasteiger partial charge in [-0.25, -0.2) is 4.79 Å². The standard InChI is InChI=1S/C18H27N3O5.ClH/c1-3-20(15-5-4-9-19-10-8-15)12-14-6-7-17(16(11-14)21(23)24)26-13-18(22)25-2;/h6-7,11,15,19H,3-5,8-10,12-13H2,1-2H3;1H. The summed E-state index contributed by atoms with van der Waals surface area (Å²) in [6, 6.07) is 5.38. The minimum Gasteiger partial charge on any atom is -0.475 e. The first-order chi connectivity index (χ1) is 12.5. The van der Waals surface area contributed by atoms with Crippen molar-refractivity contribution in [3.63, 3.8) is 0 Å². The van der Waals surface area contributed by atoms with Crippen molar-refractivity contribution >= 4 is 24.1 Å². The van der Waals surface area contributed by atoms with E-state index < -0.39 is 10.9 Å². The Bertz CT molecular complexity index is 621. The smallest absolute Gasteiger partial charge is 0.343 e. The number of esters is 1. The molecule has 2 rings (SSSR count). The van der Waals surface area contributed by atoms with E-state index in [9.17, 15) is 14.9 Å². The SMILES string of the molecule is CCN(Cc1ccc(OCC(=O)OC)c([N+](=O)[O-])c1)C1CCCNCC1.Cl. The molecule has 9 heteroatoms. The predicted octanol–water partition coefficient (Wildman–Crippen LogP) is 2.53. The van der Waals surface area contributed by atoms with E-state index in [0.29, 0.717) is 12.6 Å². The first-order valence-corrected chi connectivity index (χ1v) is 8.96. The molecule has 27 heavy (non-hydrogen) atoms. The molecule has 1 N–H and O–H groups in total. The summed E-state index contributed by atoms with van der Waals surface area (Å²) in [5.41, 5.74) is 0.728. The zero-order valence-corrected chi connectivity index (χ0v) is 16.6. The van der Waals surface area contributed by atoms with Gasteiger partial charge in [-0.3, -0.25) is 15.0 Å². The van der Waals surface area contributed by atoms with Crippen LogP contribution >= 0.6 is 12.4 Å². The number of carbonyl (C=O) groups excluding carboxylic acids is 1. The zero-order valence-electron chi connectivity index (χ0n) is 15.8. The van der Waals surface area contributed by atoms with Crippen molar-refractivity contribution in [3.05, 3.63) is 33.9 Å². The molecule has 0 radical (unpaired) electrons. The van der Waals surface area contributed by atoms with E-state index in [4.69, 9.17) is 4.74 Å². The second kappa shape index (κ2) is 11.7. The molecule has 1 aliphatic heterocycles. The summed E-state index contributed by atoms with van der Waals surface area (Å²) < 4.78 is 9.73. The maximum absolute atomic E-state index is 11.4. The molecule has 1 aromatic rings. The van der Waals surface area contributed by atoms with Gasteiger partial charge in [0.15, 0.2) is 12.4 Å². The molecule has 1 unspecified atom stereocenters. The largest absolute Gasteiger partial charge is 0.475 e. The van der Waals surface area contributed by atoms with Gasteiger partial charge in [0.05, 0.1) is 12.0 Å². The van der Waals surface area contributed by atoms with Gasteiger partial charge in [-0.2, -0.15) is 0 Å². The Labute approximate surface area is 165 Å². The Balaban J connectivity index is 0.00000364. The van der Waals surface area contributed by atoms with E-state index in [0.717, 1.165) is 44.5 Å². The van der Waals surface area contributed by atoms with Crippen LogP contribution in [-0.2, 0) is 16.1 Å². The van der Waals surface area contributed by atoms with Crippen molar-refractivity contribution in [2.45, 2.75) is 38.8 Å². The fourth-order valence-corrected chi connectivity index (χ4v) is 3.22. The zero-order chi connectivity index (χ0) is 18.9. The normalized spacial score (nSPS) is 16.9. The minimum atomic E-state index is -0.581. The van der Waals surface area contributed by atoms with Crippen molar-refractivity contribution < 1.29 is 19.2 Å². The highest BCUT2D eigenvalue weighted by Gasteiger charge is 2.22. The fraction of sp³-hybridized carbons (Fsp3) is 0.611. The van der Waals surface area contributed by atoms with Crippen molar-refractivity contribution in [1.82, 2.24) is 10.2 Å². The van der Waals surface area contributed by atoms with Gasteiger partial charge < -0.3 is 14.8 Å². The molecule has 152 valence electrons. The molecule has 8 nitrogen and oxygen atoms in total. The van der Waals surface area contributed by atoms with Gasteiger partial charge in [-0.15, -0.1) is 12.4 Å². The van der Waals surface area contributed by atoms with E-state index in [2.05, 4.69) is 21.9 Å². The van der Waals surface area contributed by atoms with Gasteiger partial charge in [-0.1, -0.05) is 13.0 Å². The van der Waals surface area contributed by atoms with E-state index in [-0.39, 0.29) is 30.5 Å². The fourth-order valence-electron chi connectivity index (χ4n) is 3.22. The summed E-state index contributed by atoms with van der Waals surface area (Å²) in [4.78, 5) is 24.4. The first-order valence-electron chi connectivity index (χ1n) is 8.96. The van der Waals surface area contributed by atoms with Gasteiger partial charge >= 0.3 is 11.7 Å². The van der Waals surface area contributed by atoms with Crippen LogP contribution in [0.3, 0.4) is 0 Å². The van der Waals surface area contributed by atoms with Crippen LogP contribution in [0.4, 0.5) is 5.69 Å². The van der Waals surface area contributed by atoms with Crippen LogP contribution in [0.5, 0.6) is 5.75 Å². The molecule has 0 aromatic heterocycles. The third-order valence-electron chi connectivity index (χ3n) is 4.65. The molecule has 0 saturated carbocycles. The summed E-state index contributed by atoms with van der Waals surface area (Å²) in [5, 5.41) is 14.8. The van der Waals surface area contributed by atoms with Crippen LogP contribution in [-0.4, -0.2) is 55.2 Å². The topological polar surface area (TPSA) is 93.9 Å². The molecule has 1 fully saturated rings. The number of nitro groups is 1. The molecule has 1 saturated heterocycles. The van der Waals surface area contributed by atoms with Crippen LogP contribution in [0.15, 0.2) is 18.2 Å². The lowest BCUT2D eigenvalue weighted by Crippen LogP contribution is -2.35. The number of nitrogens with zero attached hydrogens (tertiary/aromatic N) is 2. The Morgan fingerprint density at radius 3 is 2.81 bits per heavy atom. The highest BCUT2D eigenvalue weighted by molar-refractivity contribution is 5.85. The van der Waals surface area contributed by atoms with Crippen molar-refractivity contribution in [2.75, 3.05) is 33.4 Å². The summed E-state index contributed by atoms with van der Waals surface area (Å²) >= 11 is 0. The minimum absolute atomic E-state index is 0. The highest BCUT2D eigenvalue weighted by atomic mass is 35.5. The lowest BCUT2D eigenvalue weighted by molar-refractivity contribution is -0.385. The Morgan fingerprint density at radius 1 is 1.37 bits per heavy atom. The van der Waals surface area contributed by atoms with Crippen LogP contribution in [0.2, 0.25) is 0 Å². The van der Waals surface area contributed by atoms with Crippen molar-refractivity contribution in [3.8, 4) is 5.75 Å². The molecular weight excluding hydrogens is 374 g/mol. The first kappa shape index (κ1) is 23.1. The Morgan fingerprint density at radius 2 is 2.15 bits per heavy atom. The number of carbonyl (C=O) groups is 1. The number of ether oxygens (including phenoxy) is 2. The molecule has 0 spiro atoms. The van der Waals surface area contributed by atoms with Crippen LogP contribution in [0, 0.1) is 10.1 Å². The van der Waals surface area contributed by atoms with Gasteiger partial charge in [-0.05, 0) is 50.5 Å². The number of hydrogen-bond donors (Lipinski definition) is 1. The predicted molar refractivity (Wildman–Crippen MR) is 104 cm³/mol. The maximum Gasteiger partial charge on any atom is 0.343 e. The lowest BCUT2D eigenvalue weighted by atomic mass is 10.1. The van der Waals surface area contributed by atoms with Crippen molar-refractivity contribution in [1.29, 1.82) is 0 Å². The van der Waals surface area contributed by atoms with Crippen LogP contribution in [0.25, 0.3) is 0 Å². The average molecular weight is 402 g/mol. The number of benzene rings is 1. The van der Waals surface area contributed by atoms with E-state index in [1.165, 1.54) is 13.2 Å². The van der Waals surface area contributed by atoms with Gasteiger partial charge in [0.1, 0.15) is 0 Å². The van der Waals surface area contributed by atoms with Gasteiger partial charge in [0.25, 0.3) is 0 Å². The molecule has 0 amide bonds. The third kappa shape index (κ3) is 6.97. The second-order valence-electron chi connectivity index (χ2n) is 6.32. The molecule has 1 aromatic carbocycles. The summed E-state index contributed by atoms with van der Waals surface area (Å²) in [6.07, 6.45) is 3.35. The van der Waals surface area contributed by atoms with E-state index in [1.807, 2.05) is 6.07 Å². The number of rotatable bonds is 8. The van der Waals surface area contributed by atoms with Gasteiger partial charge in [0.2, 0.25) is 0 Å². The third-order valence-corrected chi connectivity index (χ3v) is 4.65. The van der Waals surface area contributed by atoms with E-state index >= 15 is 0 Å². The molecule has 1 atom stereocenters. The molecule has 0 aliphatic carbocycles. The Hall–Kier alpha value is -1.90. The number of halogens is 1. The van der Waals surface area contributed by atoms with Crippen LogP contribution < -0.4 is 10.1 Å². The summed E-state index contributed by atoms with van der Waals surface area (Å²) in [5.74, 6) is -0.506. The lowest BCUT2D eigenvalue weighted by Gasteiger charge is -2.29. The molecular formula is C18H28ClN3O5. The summed E-state index contributed by atoms with van der Waals surface area (Å²) in [6.45, 7) is 5.35. The summed E-state index contributed by atoms with van der Waals surface area (Å²) in [7, 11) is 1.24. The second-order valence-corrected chi connectivity index (χ2v) is 6.32. The average Bonchev–Trinajstić information content (AvgIpc) is 2.93. The number of nitro benzene ring substituents is 1. The number of hydrogen-bond acceptors (Lipinski definition) is 7. The van der Waals surface area contributed by atoms with E-state index in [1.54, 1.807) is 6.07 Å². The maximum atomic E-state index is 11.4. The Kier molecular flexibility index (Phi) is 10.1. The van der Waals surface area contributed by atoms with Gasteiger partial charge in [0, 0.05) is 18.7 Å². The quantitative estimate of drug-likeness (QED) is 0.406. The van der Waals surface area contributed by atoms with Crippen LogP contribution in [0.1, 0.15) is 31.7 Å². The van der Waals surface area contributed by atoms with Crippen molar-refractivity contribution in [2.24, 2.45) is 0 Å². The monoisotopic (exact) mass is 401 g/mol. The molecule has 1 heterocycles. The highest BCUT2D eigenvalue weighted by Crippen LogP contribution is 2.29. The molecule has 0 bridgehead atoms. The number of methoxy groups -OCH3 is 1.